The smallest absolute Gasteiger partial charge is 0.0901 e. The van der Waals surface area contributed by atoms with Gasteiger partial charge in [-0.25, -0.2) is 9.67 Å². The van der Waals surface area contributed by atoms with Crippen LogP contribution in [0.3, 0.4) is 0 Å². The number of thiazole rings is 1. The lowest BCUT2D eigenvalue weighted by Gasteiger charge is -2.17. The second-order valence-corrected chi connectivity index (χ2v) is 5.54. The first-order valence-corrected chi connectivity index (χ1v) is 7.54. The minimum Gasteiger partial charge on any atom is -0.250 e. The molecule has 0 N–H and O–H groups in total. The minimum absolute atomic E-state index is 0.195. The van der Waals surface area contributed by atoms with Crippen molar-refractivity contribution in [3.8, 4) is 11.3 Å². The van der Waals surface area contributed by atoms with Crippen LogP contribution in [0, 0.1) is 6.92 Å². The van der Waals surface area contributed by atoms with Gasteiger partial charge in [-0.15, -0.1) is 16.4 Å². The molecule has 1 aromatic carbocycles. The number of rotatable bonds is 4. The van der Waals surface area contributed by atoms with Crippen LogP contribution in [0.2, 0.25) is 0 Å². The second kappa shape index (κ2) is 5.54. The number of aryl methyl sites for hydroxylation is 1. The highest BCUT2D eigenvalue weighted by atomic mass is 32.1. The van der Waals surface area contributed by atoms with Gasteiger partial charge in [-0.3, -0.25) is 0 Å². The van der Waals surface area contributed by atoms with Crippen LogP contribution in [0.25, 0.3) is 11.3 Å². The van der Waals surface area contributed by atoms with Crippen LogP contribution in [0.5, 0.6) is 0 Å². The van der Waals surface area contributed by atoms with Crippen molar-refractivity contribution < 1.29 is 0 Å². The molecule has 0 bridgehead atoms. The molecule has 0 fully saturated rings. The Morgan fingerprint density at radius 1 is 1.25 bits per heavy atom. The largest absolute Gasteiger partial charge is 0.250 e. The van der Waals surface area contributed by atoms with Gasteiger partial charge in [0, 0.05) is 5.56 Å². The molecule has 3 rings (SSSR count). The van der Waals surface area contributed by atoms with E-state index in [9.17, 15) is 0 Å². The normalized spacial score (nSPS) is 12.5. The SMILES string of the molecule is CCC(c1scnc1C)n1nncc1-c1ccccc1. The fourth-order valence-electron chi connectivity index (χ4n) is 2.39. The predicted octanol–water partition coefficient (Wildman–Crippen LogP) is 3.71. The van der Waals surface area contributed by atoms with E-state index in [2.05, 4.69) is 34.4 Å². The topological polar surface area (TPSA) is 43.6 Å². The number of hydrogen-bond donors (Lipinski definition) is 0. The summed E-state index contributed by atoms with van der Waals surface area (Å²) in [7, 11) is 0. The quantitative estimate of drug-likeness (QED) is 0.733. The lowest BCUT2D eigenvalue weighted by molar-refractivity contribution is 0.502. The van der Waals surface area contributed by atoms with Gasteiger partial charge >= 0.3 is 0 Å². The first-order valence-electron chi connectivity index (χ1n) is 6.67. The fraction of sp³-hybridized carbons (Fsp3) is 0.267. The third-order valence-electron chi connectivity index (χ3n) is 3.41. The molecule has 20 heavy (non-hydrogen) atoms. The van der Waals surface area contributed by atoms with Crippen molar-refractivity contribution in [1.29, 1.82) is 0 Å². The van der Waals surface area contributed by atoms with Crippen molar-refractivity contribution in [2.24, 2.45) is 0 Å². The van der Waals surface area contributed by atoms with Gasteiger partial charge in [0.05, 0.1) is 34.0 Å². The van der Waals surface area contributed by atoms with E-state index in [1.807, 2.05) is 41.5 Å². The summed E-state index contributed by atoms with van der Waals surface area (Å²) in [5, 5.41) is 8.41. The lowest BCUT2D eigenvalue weighted by Crippen LogP contribution is -2.12. The van der Waals surface area contributed by atoms with E-state index in [-0.39, 0.29) is 6.04 Å². The average Bonchev–Trinajstić information content (AvgIpc) is 3.11. The summed E-state index contributed by atoms with van der Waals surface area (Å²) in [5.74, 6) is 0. The number of aromatic nitrogens is 4. The van der Waals surface area contributed by atoms with Crippen molar-refractivity contribution >= 4 is 11.3 Å². The van der Waals surface area contributed by atoms with Crippen LogP contribution < -0.4 is 0 Å². The highest BCUT2D eigenvalue weighted by Crippen LogP contribution is 2.31. The summed E-state index contributed by atoms with van der Waals surface area (Å²) in [4.78, 5) is 5.61. The summed E-state index contributed by atoms with van der Waals surface area (Å²) in [5.41, 5.74) is 5.16. The summed E-state index contributed by atoms with van der Waals surface area (Å²) < 4.78 is 2.01. The van der Waals surface area contributed by atoms with Crippen molar-refractivity contribution in [2.75, 3.05) is 0 Å². The van der Waals surface area contributed by atoms with Crippen LogP contribution in [-0.4, -0.2) is 20.0 Å². The van der Waals surface area contributed by atoms with Crippen molar-refractivity contribution in [2.45, 2.75) is 26.3 Å². The highest BCUT2D eigenvalue weighted by molar-refractivity contribution is 7.09. The molecule has 0 saturated carbocycles. The van der Waals surface area contributed by atoms with E-state index >= 15 is 0 Å². The summed E-state index contributed by atoms with van der Waals surface area (Å²) in [6.07, 6.45) is 2.79. The zero-order chi connectivity index (χ0) is 13.9. The third-order valence-corrected chi connectivity index (χ3v) is 4.44. The second-order valence-electron chi connectivity index (χ2n) is 4.66. The molecule has 0 radical (unpaired) electrons. The molecule has 0 spiro atoms. The molecule has 0 aliphatic heterocycles. The van der Waals surface area contributed by atoms with Crippen LogP contribution in [0.1, 0.15) is 30.0 Å². The van der Waals surface area contributed by atoms with Gasteiger partial charge in [0.15, 0.2) is 0 Å². The molecule has 0 amide bonds. The molecule has 3 aromatic rings. The Morgan fingerprint density at radius 3 is 2.70 bits per heavy atom. The molecule has 0 aliphatic rings. The Balaban J connectivity index is 2.07. The van der Waals surface area contributed by atoms with Gasteiger partial charge in [0.25, 0.3) is 0 Å². The summed E-state index contributed by atoms with van der Waals surface area (Å²) >= 11 is 1.68. The zero-order valence-corrected chi connectivity index (χ0v) is 12.3. The van der Waals surface area contributed by atoms with Gasteiger partial charge in [-0.2, -0.15) is 0 Å². The Labute approximate surface area is 122 Å². The van der Waals surface area contributed by atoms with Gasteiger partial charge in [-0.05, 0) is 13.3 Å². The maximum absolute atomic E-state index is 4.35. The Morgan fingerprint density at radius 2 is 2.05 bits per heavy atom. The summed E-state index contributed by atoms with van der Waals surface area (Å²) in [6, 6.07) is 10.4. The molecule has 1 atom stereocenters. The van der Waals surface area contributed by atoms with E-state index in [0.29, 0.717) is 0 Å². The molecule has 2 heterocycles. The molecule has 4 nitrogen and oxygen atoms in total. The highest BCUT2D eigenvalue weighted by Gasteiger charge is 2.20. The lowest BCUT2D eigenvalue weighted by atomic mass is 10.1. The van der Waals surface area contributed by atoms with Gasteiger partial charge in [0.2, 0.25) is 0 Å². The molecular weight excluding hydrogens is 268 g/mol. The standard InChI is InChI=1S/C15H16N4S/c1-3-13(15-11(2)16-10-20-15)19-14(9-17-18-19)12-7-5-4-6-8-12/h4-10,13H,3H2,1-2H3. The van der Waals surface area contributed by atoms with Gasteiger partial charge < -0.3 is 0 Å². The molecule has 0 saturated heterocycles. The third kappa shape index (κ3) is 2.25. The van der Waals surface area contributed by atoms with E-state index in [4.69, 9.17) is 0 Å². The number of nitrogens with zero attached hydrogens (tertiary/aromatic N) is 4. The maximum Gasteiger partial charge on any atom is 0.0901 e. The summed E-state index contributed by atoms with van der Waals surface area (Å²) in [6.45, 7) is 4.22. The van der Waals surface area contributed by atoms with Crippen LogP contribution in [0.15, 0.2) is 42.0 Å². The Bertz CT molecular complexity index is 687. The van der Waals surface area contributed by atoms with Crippen molar-refractivity contribution in [3.63, 3.8) is 0 Å². The maximum atomic E-state index is 4.35. The van der Waals surface area contributed by atoms with E-state index in [0.717, 1.165) is 23.4 Å². The molecule has 2 aromatic heterocycles. The minimum atomic E-state index is 0.195. The first kappa shape index (κ1) is 13.0. The van der Waals surface area contributed by atoms with Gasteiger partial charge in [0.1, 0.15) is 0 Å². The fourth-order valence-corrected chi connectivity index (χ4v) is 3.36. The van der Waals surface area contributed by atoms with E-state index < -0.39 is 0 Å². The molecular formula is C15H16N4S. The predicted molar refractivity (Wildman–Crippen MR) is 80.7 cm³/mol. The molecule has 1 unspecified atom stereocenters. The number of hydrogen-bond acceptors (Lipinski definition) is 4. The van der Waals surface area contributed by atoms with E-state index in [1.165, 1.54) is 4.88 Å². The molecule has 102 valence electrons. The van der Waals surface area contributed by atoms with Crippen LogP contribution in [-0.2, 0) is 0 Å². The van der Waals surface area contributed by atoms with Gasteiger partial charge in [-0.1, -0.05) is 42.5 Å². The average molecular weight is 284 g/mol. The zero-order valence-electron chi connectivity index (χ0n) is 11.5. The Kier molecular flexibility index (Phi) is 3.60. The Hall–Kier alpha value is -2.01. The molecule has 0 aliphatic carbocycles. The first-order chi connectivity index (χ1) is 9.81. The van der Waals surface area contributed by atoms with Crippen LogP contribution in [0.4, 0.5) is 0 Å². The van der Waals surface area contributed by atoms with Crippen molar-refractivity contribution in [1.82, 2.24) is 20.0 Å². The van der Waals surface area contributed by atoms with E-state index in [1.54, 1.807) is 11.3 Å². The monoisotopic (exact) mass is 284 g/mol. The molecule has 5 heteroatoms. The van der Waals surface area contributed by atoms with Crippen molar-refractivity contribution in [3.05, 3.63) is 52.6 Å². The number of benzene rings is 1. The van der Waals surface area contributed by atoms with Crippen LogP contribution >= 0.6 is 11.3 Å².